The molecule has 2 aromatic rings. The van der Waals surface area contributed by atoms with Crippen LogP contribution in [0.2, 0.25) is 0 Å². The standard InChI is InChI=1S/C10H13N5O/c1-11-7-8-4-3-5-9(6-8)16-10-12-13-14-15(10)2/h3-6,11H,7H2,1-2H3. The average molecular weight is 219 g/mol. The topological polar surface area (TPSA) is 64.9 Å². The van der Waals surface area contributed by atoms with E-state index < -0.39 is 0 Å². The Morgan fingerprint density at radius 3 is 3.00 bits per heavy atom. The summed E-state index contributed by atoms with van der Waals surface area (Å²) in [6, 6.07) is 8.16. The minimum absolute atomic E-state index is 0.376. The molecule has 0 amide bonds. The van der Waals surface area contributed by atoms with Crippen LogP contribution in [0, 0.1) is 0 Å². The van der Waals surface area contributed by atoms with Crippen LogP contribution in [-0.4, -0.2) is 27.3 Å². The van der Waals surface area contributed by atoms with Crippen LogP contribution >= 0.6 is 0 Å². The highest BCUT2D eigenvalue weighted by atomic mass is 16.5. The lowest BCUT2D eigenvalue weighted by Gasteiger charge is -2.05. The molecule has 0 aliphatic rings. The predicted molar refractivity (Wildman–Crippen MR) is 58.1 cm³/mol. The quantitative estimate of drug-likeness (QED) is 0.820. The lowest BCUT2D eigenvalue weighted by atomic mass is 10.2. The number of nitrogens with one attached hydrogen (secondary N) is 1. The van der Waals surface area contributed by atoms with Crippen LogP contribution in [0.5, 0.6) is 11.8 Å². The normalized spacial score (nSPS) is 10.4. The van der Waals surface area contributed by atoms with Crippen molar-refractivity contribution in [3.63, 3.8) is 0 Å². The summed E-state index contributed by atoms with van der Waals surface area (Å²) in [7, 11) is 3.63. The van der Waals surface area contributed by atoms with Crippen molar-refractivity contribution in [3.8, 4) is 11.8 Å². The highest BCUT2D eigenvalue weighted by molar-refractivity contribution is 5.30. The van der Waals surface area contributed by atoms with Crippen molar-refractivity contribution in [2.75, 3.05) is 7.05 Å². The lowest BCUT2D eigenvalue weighted by Crippen LogP contribution is -2.05. The second kappa shape index (κ2) is 4.71. The zero-order valence-corrected chi connectivity index (χ0v) is 9.21. The first kappa shape index (κ1) is 10.6. The smallest absolute Gasteiger partial charge is 0.340 e. The molecule has 84 valence electrons. The highest BCUT2D eigenvalue weighted by Crippen LogP contribution is 2.18. The summed E-state index contributed by atoms with van der Waals surface area (Å²) >= 11 is 0. The largest absolute Gasteiger partial charge is 0.423 e. The molecule has 0 radical (unpaired) electrons. The minimum Gasteiger partial charge on any atom is -0.423 e. The van der Waals surface area contributed by atoms with Crippen molar-refractivity contribution in [2.45, 2.75) is 6.54 Å². The molecule has 0 unspecified atom stereocenters. The molecule has 1 heterocycles. The van der Waals surface area contributed by atoms with Gasteiger partial charge in [-0.1, -0.05) is 17.2 Å². The summed E-state index contributed by atoms with van der Waals surface area (Å²) in [4.78, 5) is 0. The SMILES string of the molecule is CNCc1cccc(Oc2nnnn2C)c1. The summed E-state index contributed by atoms with van der Waals surface area (Å²) in [5.41, 5.74) is 1.15. The third-order valence-electron chi connectivity index (χ3n) is 2.07. The van der Waals surface area contributed by atoms with E-state index in [0.717, 1.165) is 17.9 Å². The maximum Gasteiger partial charge on any atom is 0.340 e. The van der Waals surface area contributed by atoms with E-state index in [-0.39, 0.29) is 0 Å². The first-order valence-corrected chi connectivity index (χ1v) is 4.93. The van der Waals surface area contributed by atoms with Crippen molar-refractivity contribution in [1.29, 1.82) is 0 Å². The van der Waals surface area contributed by atoms with Crippen molar-refractivity contribution in [3.05, 3.63) is 29.8 Å². The molecule has 0 aliphatic heterocycles. The molecule has 1 N–H and O–H groups in total. The molecule has 6 heteroatoms. The van der Waals surface area contributed by atoms with E-state index in [2.05, 4.69) is 20.8 Å². The van der Waals surface area contributed by atoms with E-state index in [9.17, 15) is 0 Å². The van der Waals surface area contributed by atoms with Crippen LogP contribution in [0.1, 0.15) is 5.56 Å². The number of hydrogen-bond donors (Lipinski definition) is 1. The fourth-order valence-corrected chi connectivity index (χ4v) is 1.34. The van der Waals surface area contributed by atoms with Gasteiger partial charge in [0.25, 0.3) is 0 Å². The Morgan fingerprint density at radius 2 is 2.31 bits per heavy atom. The van der Waals surface area contributed by atoms with E-state index in [0.29, 0.717) is 6.01 Å². The van der Waals surface area contributed by atoms with Gasteiger partial charge < -0.3 is 10.1 Å². The second-order valence-corrected chi connectivity index (χ2v) is 3.36. The Balaban J connectivity index is 2.15. The van der Waals surface area contributed by atoms with Gasteiger partial charge in [-0.15, -0.1) is 0 Å². The molecule has 0 saturated heterocycles. The molecule has 2 rings (SSSR count). The molecular formula is C10H13N5O. The number of ether oxygens (including phenoxy) is 1. The van der Waals surface area contributed by atoms with Gasteiger partial charge in [-0.2, -0.15) is 4.68 Å². The fourth-order valence-electron chi connectivity index (χ4n) is 1.34. The van der Waals surface area contributed by atoms with E-state index in [1.54, 1.807) is 7.05 Å². The Bertz CT molecular complexity index is 468. The van der Waals surface area contributed by atoms with Crippen LogP contribution in [0.15, 0.2) is 24.3 Å². The molecular weight excluding hydrogens is 206 g/mol. The zero-order chi connectivity index (χ0) is 11.4. The summed E-state index contributed by atoms with van der Waals surface area (Å²) in [5, 5.41) is 14.0. The van der Waals surface area contributed by atoms with Crippen molar-refractivity contribution < 1.29 is 4.74 Å². The molecule has 1 aromatic heterocycles. The molecule has 0 bridgehead atoms. The van der Waals surface area contributed by atoms with Gasteiger partial charge in [0.1, 0.15) is 5.75 Å². The number of aromatic nitrogens is 4. The van der Waals surface area contributed by atoms with Gasteiger partial charge in [-0.05, 0) is 35.2 Å². The predicted octanol–water partition coefficient (Wildman–Crippen LogP) is 0.722. The fraction of sp³-hybridized carbons (Fsp3) is 0.300. The van der Waals surface area contributed by atoms with E-state index in [1.807, 2.05) is 31.3 Å². The van der Waals surface area contributed by atoms with Gasteiger partial charge in [0.15, 0.2) is 0 Å². The van der Waals surface area contributed by atoms with Crippen LogP contribution in [0.4, 0.5) is 0 Å². The molecule has 0 atom stereocenters. The van der Waals surface area contributed by atoms with Crippen LogP contribution in [0.25, 0.3) is 0 Å². The molecule has 16 heavy (non-hydrogen) atoms. The Morgan fingerprint density at radius 1 is 1.44 bits per heavy atom. The maximum atomic E-state index is 5.54. The zero-order valence-electron chi connectivity index (χ0n) is 9.21. The summed E-state index contributed by atoms with van der Waals surface area (Å²) in [5.74, 6) is 0.727. The average Bonchev–Trinajstić information content (AvgIpc) is 2.66. The number of rotatable bonds is 4. The van der Waals surface area contributed by atoms with Gasteiger partial charge in [-0.3, -0.25) is 0 Å². The molecule has 0 fully saturated rings. The van der Waals surface area contributed by atoms with E-state index >= 15 is 0 Å². The van der Waals surface area contributed by atoms with Gasteiger partial charge in [0, 0.05) is 13.6 Å². The summed E-state index contributed by atoms with van der Waals surface area (Å²) in [6.45, 7) is 0.800. The Labute approximate surface area is 93.2 Å². The van der Waals surface area contributed by atoms with Gasteiger partial charge in [-0.25, -0.2) is 0 Å². The Kier molecular flexibility index (Phi) is 3.11. The van der Waals surface area contributed by atoms with Crippen LogP contribution < -0.4 is 10.1 Å². The number of hydrogen-bond acceptors (Lipinski definition) is 5. The minimum atomic E-state index is 0.376. The molecule has 0 aliphatic carbocycles. The first-order valence-electron chi connectivity index (χ1n) is 4.93. The van der Waals surface area contributed by atoms with Gasteiger partial charge in [0.2, 0.25) is 0 Å². The lowest BCUT2D eigenvalue weighted by molar-refractivity contribution is 0.414. The second-order valence-electron chi connectivity index (χ2n) is 3.36. The van der Waals surface area contributed by atoms with Crippen molar-refractivity contribution in [2.24, 2.45) is 7.05 Å². The van der Waals surface area contributed by atoms with Crippen LogP contribution in [-0.2, 0) is 13.6 Å². The van der Waals surface area contributed by atoms with Gasteiger partial charge in [0.05, 0.1) is 0 Å². The number of aryl methyl sites for hydroxylation is 1. The Hall–Kier alpha value is -1.95. The van der Waals surface area contributed by atoms with Gasteiger partial charge >= 0.3 is 6.01 Å². The summed E-state index contributed by atoms with van der Waals surface area (Å²) < 4.78 is 7.01. The maximum absolute atomic E-state index is 5.54. The summed E-state index contributed by atoms with van der Waals surface area (Å²) in [6.07, 6.45) is 0. The van der Waals surface area contributed by atoms with E-state index in [4.69, 9.17) is 4.74 Å². The third kappa shape index (κ3) is 2.34. The first-order chi connectivity index (χ1) is 7.79. The van der Waals surface area contributed by atoms with Crippen molar-refractivity contribution in [1.82, 2.24) is 25.5 Å². The molecule has 0 spiro atoms. The molecule has 1 aromatic carbocycles. The molecule has 0 saturated carbocycles. The van der Waals surface area contributed by atoms with Crippen molar-refractivity contribution >= 4 is 0 Å². The van der Waals surface area contributed by atoms with E-state index in [1.165, 1.54) is 4.68 Å². The number of nitrogens with zero attached hydrogens (tertiary/aromatic N) is 4. The number of tetrazole rings is 1. The van der Waals surface area contributed by atoms with Crippen LogP contribution in [0.3, 0.4) is 0 Å². The highest BCUT2D eigenvalue weighted by Gasteiger charge is 2.04. The third-order valence-corrected chi connectivity index (χ3v) is 2.07. The molecule has 6 nitrogen and oxygen atoms in total. The monoisotopic (exact) mass is 219 g/mol. The number of benzene rings is 1.